The second-order valence-corrected chi connectivity index (χ2v) is 12.0. The van der Waals surface area contributed by atoms with Gasteiger partial charge in [0.15, 0.2) is 0 Å². The van der Waals surface area contributed by atoms with E-state index in [0.717, 1.165) is 18.4 Å². The lowest BCUT2D eigenvalue weighted by atomic mass is 9.99. The van der Waals surface area contributed by atoms with Crippen LogP contribution in [0.15, 0.2) is 65.8 Å². The van der Waals surface area contributed by atoms with Crippen molar-refractivity contribution in [2.24, 2.45) is 5.16 Å². The minimum absolute atomic E-state index is 0.313. The van der Waals surface area contributed by atoms with E-state index in [4.69, 9.17) is 21.2 Å². The van der Waals surface area contributed by atoms with Crippen molar-refractivity contribution in [3.63, 3.8) is 0 Å². The number of carboxylic acid groups (broad SMARTS) is 1. The number of hydrogen-bond acceptors (Lipinski definition) is 7. The lowest BCUT2D eigenvalue weighted by Crippen LogP contribution is -2.38. The summed E-state index contributed by atoms with van der Waals surface area (Å²) in [6.45, 7) is 4.68. The fraction of sp³-hybridized carbons (Fsp3) is 0.344. The van der Waals surface area contributed by atoms with E-state index >= 15 is 0 Å². The second-order valence-electron chi connectivity index (χ2n) is 11.6. The number of carbonyl (C=O) groups excluding carboxylic acids is 1. The Balaban J connectivity index is 1.51. The molecule has 5 rings (SSSR count). The van der Waals surface area contributed by atoms with Crippen LogP contribution in [0.1, 0.15) is 56.3 Å². The van der Waals surface area contributed by atoms with E-state index in [2.05, 4.69) is 15.2 Å². The van der Waals surface area contributed by atoms with Gasteiger partial charge in [-0.1, -0.05) is 35.0 Å². The van der Waals surface area contributed by atoms with Gasteiger partial charge in [-0.15, -0.1) is 13.2 Å². The number of nitrogens with zero attached hydrogens (tertiary/aromatic N) is 2. The Morgan fingerprint density at radius 2 is 1.73 bits per heavy atom. The maximum Gasteiger partial charge on any atom is 0.573 e. The van der Waals surface area contributed by atoms with Crippen molar-refractivity contribution in [1.29, 1.82) is 0 Å². The molecule has 45 heavy (non-hydrogen) atoms. The first kappa shape index (κ1) is 32.0. The number of fused-ring (bicyclic) bond motifs is 2. The molecule has 0 saturated heterocycles. The second kappa shape index (κ2) is 11.8. The topological polar surface area (TPSA) is 110 Å². The molecular formula is C32H31ClF3N3O6. The van der Waals surface area contributed by atoms with E-state index in [-0.39, 0.29) is 5.41 Å². The standard InChI is InChI=1S/C32H31ClF3N3O6/c1-18(38-45-30(2,3)29(41)42)20-13-22(15-24(14-20)43-4)37-27(19-5-7-21(33)8-6-19)28(40)39-17-31(11-12-31)25-10-9-23(16-26(25)39)44-32(34,35)36/h5-10,13-16,27,37H,11-12,17H2,1-4H3,(H,41,42)/b38-18+. The molecule has 1 spiro atoms. The lowest BCUT2D eigenvalue weighted by molar-refractivity contribution is -0.274. The van der Waals surface area contributed by atoms with Crippen molar-refractivity contribution in [3.05, 3.63) is 82.4 Å². The zero-order valence-corrected chi connectivity index (χ0v) is 25.6. The van der Waals surface area contributed by atoms with Gasteiger partial charge < -0.3 is 29.6 Å². The van der Waals surface area contributed by atoms with Crippen LogP contribution in [0.2, 0.25) is 5.02 Å². The number of carbonyl (C=O) groups is 2. The van der Waals surface area contributed by atoms with Crippen LogP contribution >= 0.6 is 11.6 Å². The summed E-state index contributed by atoms with van der Waals surface area (Å²) in [6.07, 6.45) is -3.27. The van der Waals surface area contributed by atoms with E-state index in [0.29, 0.717) is 45.5 Å². The predicted molar refractivity (Wildman–Crippen MR) is 162 cm³/mol. The van der Waals surface area contributed by atoms with Gasteiger partial charge in [-0.05, 0) is 75.1 Å². The number of amides is 1. The molecule has 0 radical (unpaired) electrons. The highest BCUT2D eigenvalue weighted by atomic mass is 35.5. The van der Waals surface area contributed by atoms with E-state index in [1.165, 1.54) is 38.0 Å². The van der Waals surface area contributed by atoms with Crippen LogP contribution in [0.4, 0.5) is 24.5 Å². The number of oxime groups is 1. The molecule has 238 valence electrons. The van der Waals surface area contributed by atoms with Gasteiger partial charge in [0.05, 0.1) is 18.5 Å². The summed E-state index contributed by atoms with van der Waals surface area (Å²) in [4.78, 5) is 32.6. The summed E-state index contributed by atoms with van der Waals surface area (Å²) in [5.41, 5.74) is 1.19. The van der Waals surface area contributed by atoms with Crippen LogP contribution in [0, 0.1) is 0 Å². The number of rotatable bonds is 10. The first-order chi connectivity index (χ1) is 21.1. The van der Waals surface area contributed by atoms with Crippen LogP contribution < -0.4 is 19.7 Å². The van der Waals surface area contributed by atoms with Crippen LogP contribution in [-0.2, 0) is 19.8 Å². The zero-order valence-electron chi connectivity index (χ0n) is 24.9. The van der Waals surface area contributed by atoms with Gasteiger partial charge in [0.25, 0.3) is 5.91 Å². The molecule has 1 aliphatic heterocycles. The normalized spacial score (nSPS) is 16.2. The quantitative estimate of drug-likeness (QED) is 0.179. The molecule has 3 aromatic rings. The highest BCUT2D eigenvalue weighted by molar-refractivity contribution is 6.30. The Morgan fingerprint density at radius 1 is 1.04 bits per heavy atom. The molecule has 1 unspecified atom stereocenters. The smallest absolute Gasteiger partial charge is 0.497 e. The lowest BCUT2D eigenvalue weighted by Gasteiger charge is -2.27. The Morgan fingerprint density at radius 3 is 2.33 bits per heavy atom. The fourth-order valence-electron chi connectivity index (χ4n) is 5.18. The number of halogens is 4. The Kier molecular flexibility index (Phi) is 8.39. The number of alkyl halides is 3. The van der Waals surface area contributed by atoms with Crippen LogP contribution in [-0.4, -0.2) is 48.3 Å². The average molecular weight is 646 g/mol. The van der Waals surface area contributed by atoms with E-state index in [1.54, 1.807) is 55.5 Å². The van der Waals surface area contributed by atoms with Crippen molar-refractivity contribution in [2.75, 3.05) is 23.9 Å². The maximum absolute atomic E-state index is 14.4. The summed E-state index contributed by atoms with van der Waals surface area (Å²) in [6, 6.07) is 14.9. The molecule has 2 N–H and O–H groups in total. The van der Waals surface area contributed by atoms with Crippen molar-refractivity contribution >= 4 is 40.6 Å². The molecule has 1 aliphatic carbocycles. The van der Waals surface area contributed by atoms with Crippen LogP contribution in [0.5, 0.6) is 11.5 Å². The van der Waals surface area contributed by atoms with Gasteiger partial charge in [0, 0.05) is 40.4 Å². The number of benzene rings is 3. The molecule has 1 saturated carbocycles. The largest absolute Gasteiger partial charge is 0.573 e. The van der Waals surface area contributed by atoms with Crippen molar-refractivity contribution in [2.45, 2.75) is 57.0 Å². The summed E-state index contributed by atoms with van der Waals surface area (Å²) in [7, 11) is 1.47. The zero-order chi connectivity index (χ0) is 32.7. The first-order valence-electron chi connectivity index (χ1n) is 14.0. The number of aliphatic carboxylic acids is 1. The molecule has 2 aliphatic rings. The molecule has 9 nitrogen and oxygen atoms in total. The SMILES string of the molecule is COc1cc(NC(C(=O)N2CC3(CC3)c3ccc(OC(F)(F)F)cc32)c2ccc(Cl)cc2)cc(/C(C)=N/OC(C)(C)C(=O)O)c1. The molecule has 3 aromatic carbocycles. The number of methoxy groups -OCH3 is 1. The third-order valence-electron chi connectivity index (χ3n) is 7.89. The highest BCUT2D eigenvalue weighted by Gasteiger charge is 2.54. The number of nitrogens with one attached hydrogen (secondary N) is 1. The summed E-state index contributed by atoms with van der Waals surface area (Å²) in [5, 5.41) is 17.1. The Bertz CT molecular complexity index is 1650. The molecule has 0 bridgehead atoms. The highest BCUT2D eigenvalue weighted by Crippen LogP contribution is 2.57. The average Bonchev–Trinajstić information content (AvgIpc) is 3.69. The van der Waals surface area contributed by atoms with E-state index in [1.807, 2.05) is 0 Å². The van der Waals surface area contributed by atoms with Crippen LogP contribution in [0.3, 0.4) is 0 Å². The number of carboxylic acids is 1. The third kappa shape index (κ3) is 6.95. The monoisotopic (exact) mass is 645 g/mol. The molecule has 1 atom stereocenters. The molecular weight excluding hydrogens is 615 g/mol. The molecule has 1 amide bonds. The minimum atomic E-state index is -4.88. The van der Waals surface area contributed by atoms with Gasteiger partial charge in [0.1, 0.15) is 17.5 Å². The van der Waals surface area contributed by atoms with Crippen molar-refractivity contribution in [1.82, 2.24) is 0 Å². The summed E-state index contributed by atoms with van der Waals surface area (Å²) in [5.74, 6) is -1.58. The number of hydrogen-bond donors (Lipinski definition) is 2. The molecule has 1 heterocycles. The Hall–Kier alpha value is -4.45. The summed E-state index contributed by atoms with van der Waals surface area (Å²) >= 11 is 6.14. The number of ether oxygens (including phenoxy) is 2. The Labute approximate surface area is 262 Å². The summed E-state index contributed by atoms with van der Waals surface area (Å²) < 4.78 is 48.8. The number of anilines is 2. The minimum Gasteiger partial charge on any atom is -0.497 e. The van der Waals surface area contributed by atoms with Gasteiger partial charge in [-0.25, -0.2) is 4.79 Å². The predicted octanol–water partition coefficient (Wildman–Crippen LogP) is 7.08. The third-order valence-corrected chi connectivity index (χ3v) is 8.14. The molecule has 1 fully saturated rings. The van der Waals surface area contributed by atoms with Gasteiger partial charge >= 0.3 is 12.3 Å². The van der Waals surface area contributed by atoms with Crippen LogP contribution in [0.25, 0.3) is 0 Å². The van der Waals surface area contributed by atoms with E-state index < -0.39 is 35.6 Å². The molecule has 13 heteroatoms. The maximum atomic E-state index is 14.4. The van der Waals surface area contributed by atoms with Gasteiger partial charge in [-0.3, -0.25) is 4.79 Å². The van der Waals surface area contributed by atoms with E-state index in [9.17, 15) is 27.9 Å². The first-order valence-corrected chi connectivity index (χ1v) is 14.4. The van der Waals surface area contributed by atoms with Gasteiger partial charge in [0.2, 0.25) is 5.60 Å². The fourth-order valence-corrected chi connectivity index (χ4v) is 5.30. The van der Waals surface area contributed by atoms with Crippen molar-refractivity contribution in [3.8, 4) is 11.5 Å². The van der Waals surface area contributed by atoms with Gasteiger partial charge in [-0.2, -0.15) is 0 Å². The van der Waals surface area contributed by atoms with Crippen molar-refractivity contribution < 1.29 is 42.2 Å². The molecule has 0 aromatic heterocycles.